The van der Waals surface area contributed by atoms with Gasteiger partial charge in [-0.1, -0.05) is 12.8 Å². The quantitative estimate of drug-likeness (QED) is 0.660. The highest BCUT2D eigenvalue weighted by molar-refractivity contribution is 5.68. The molecule has 4 heteroatoms. The van der Waals surface area contributed by atoms with Crippen LogP contribution in [-0.4, -0.2) is 42.4 Å². The second kappa shape index (κ2) is 6.65. The Balaban J connectivity index is 2.02. The van der Waals surface area contributed by atoms with E-state index in [1.54, 1.807) is 4.90 Å². The molecule has 1 aliphatic rings. The third-order valence-electron chi connectivity index (χ3n) is 2.39. The lowest BCUT2D eigenvalue weighted by Gasteiger charge is -2.26. The summed E-state index contributed by atoms with van der Waals surface area (Å²) in [5, 5.41) is 8.57. The Kier molecular flexibility index (Phi) is 5.37. The van der Waals surface area contributed by atoms with Crippen LogP contribution in [-0.2, 0) is 4.74 Å². The summed E-state index contributed by atoms with van der Waals surface area (Å²) >= 11 is 0. The normalized spacial score (nSPS) is 16.9. The van der Waals surface area contributed by atoms with Gasteiger partial charge in [-0.2, -0.15) is 0 Å². The molecular weight excluding hydrogens is 182 g/mol. The number of carbonyl (C=O) groups is 1. The summed E-state index contributed by atoms with van der Waals surface area (Å²) in [7, 11) is 0. The first kappa shape index (κ1) is 11.3. The lowest BCUT2D eigenvalue weighted by Crippen LogP contribution is -2.38. The lowest BCUT2D eigenvalue weighted by atomic mass is 10.2. The maximum atomic E-state index is 11.2. The van der Waals surface area contributed by atoms with E-state index >= 15 is 0 Å². The highest BCUT2D eigenvalue weighted by Gasteiger charge is 2.18. The minimum absolute atomic E-state index is 0.168. The van der Waals surface area contributed by atoms with E-state index in [0.29, 0.717) is 6.61 Å². The van der Waals surface area contributed by atoms with Crippen molar-refractivity contribution in [2.45, 2.75) is 32.1 Å². The Morgan fingerprint density at radius 1 is 1.29 bits per heavy atom. The van der Waals surface area contributed by atoms with Gasteiger partial charge in [-0.15, -0.1) is 0 Å². The van der Waals surface area contributed by atoms with Gasteiger partial charge in [0.05, 0.1) is 6.61 Å². The number of hydrogen-bond acceptors (Lipinski definition) is 3. The molecule has 0 spiro atoms. The van der Waals surface area contributed by atoms with E-state index in [1.807, 2.05) is 0 Å². The van der Waals surface area contributed by atoms with E-state index in [-0.39, 0.29) is 12.7 Å². The molecule has 1 heterocycles. The van der Waals surface area contributed by atoms with Gasteiger partial charge in [0.15, 0.2) is 0 Å². The minimum atomic E-state index is -0.168. The first-order chi connectivity index (χ1) is 6.84. The van der Waals surface area contributed by atoms with Crippen LogP contribution >= 0.6 is 0 Å². The Morgan fingerprint density at radius 3 is 2.79 bits per heavy atom. The molecule has 0 aromatic rings. The van der Waals surface area contributed by atoms with Crippen LogP contribution in [0.1, 0.15) is 32.1 Å². The van der Waals surface area contributed by atoms with Gasteiger partial charge in [-0.25, -0.2) is 4.79 Å². The fourth-order valence-electron chi connectivity index (χ4n) is 1.57. The minimum Gasteiger partial charge on any atom is -0.449 e. The molecule has 1 amide bonds. The van der Waals surface area contributed by atoms with Crippen molar-refractivity contribution in [3.8, 4) is 0 Å². The zero-order chi connectivity index (χ0) is 10.2. The van der Waals surface area contributed by atoms with Gasteiger partial charge in [-0.05, 0) is 19.3 Å². The molecule has 14 heavy (non-hydrogen) atoms. The average molecular weight is 201 g/mol. The van der Waals surface area contributed by atoms with Crippen LogP contribution in [0, 0.1) is 0 Å². The third-order valence-corrected chi connectivity index (χ3v) is 2.39. The van der Waals surface area contributed by atoms with E-state index < -0.39 is 0 Å². The Morgan fingerprint density at radius 2 is 2.07 bits per heavy atom. The van der Waals surface area contributed by atoms with Gasteiger partial charge in [0.2, 0.25) is 0 Å². The summed E-state index contributed by atoms with van der Waals surface area (Å²) < 4.78 is 4.92. The van der Waals surface area contributed by atoms with Crippen molar-refractivity contribution in [2.75, 3.05) is 26.3 Å². The molecule has 1 saturated heterocycles. The predicted molar refractivity (Wildman–Crippen MR) is 53.1 cm³/mol. The van der Waals surface area contributed by atoms with Gasteiger partial charge in [0.1, 0.15) is 0 Å². The lowest BCUT2D eigenvalue weighted by molar-refractivity contribution is 0.0722. The van der Waals surface area contributed by atoms with E-state index in [0.717, 1.165) is 45.2 Å². The van der Waals surface area contributed by atoms with E-state index in [9.17, 15) is 4.79 Å². The second-order valence-electron chi connectivity index (χ2n) is 3.59. The van der Waals surface area contributed by atoms with E-state index in [1.165, 1.54) is 0 Å². The maximum Gasteiger partial charge on any atom is 0.409 e. The number of aliphatic hydroxyl groups excluding tert-OH is 1. The van der Waals surface area contributed by atoms with Gasteiger partial charge in [0, 0.05) is 19.7 Å². The third kappa shape index (κ3) is 3.96. The van der Waals surface area contributed by atoms with Gasteiger partial charge in [0.25, 0.3) is 0 Å². The predicted octanol–water partition coefficient (Wildman–Crippen LogP) is 1.38. The molecule has 1 aliphatic heterocycles. The van der Waals surface area contributed by atoms with E-state index in [2.05, 4.69) is 0 Å². The first-order valence-corrected chi connectivity index (χ1v) is 5.37. The summed E-state index contributed by atoms with van der Waals surface area (Å²) in [6.45, 7) is 2.47. The number of unbranched alkanes of at least 4 members (excludes halogenated alkanes) is 3. The molecule has 0 atom stereocenters. The summed E-state index contributed by atoms with van der Waals surface area (Å²) in [5.74, 6) is 0. The Hall–Kier alpha value is -0.770. The topological polar surface area (TPSA) is 49.8 Å². The number of hydrogen-bond donors (Lipinski definition) is 1. The number of cyclic esters (lactones) is 1. The monoisotopic (exact) mass is 201 g/mol. The number of aliphatic hydroxyl groups is 1. The van der Waals surface area contributed by atoms with Crippen molar-refractivity contribution in [1.29, 1.82) is 0 Å². The summed E-state index contributed by atoms with van der Waals surface area (Å²) in [5.41, 5.74) is 0. The molecule has 0 radical (unpaired) electrons. The zero-order valence-corrected chi connectivity index (χ0v) is 8.57. The average Bonchev–Trinajstić information content (AvgIpc) is 2.20. The van der Waals surface area contributed by atoms with Gasteiger partial charge in [-0.3, -0.25) is 0 Å². The van der Waals surface area contributed by atoms with Crippen LogP contribution in [0.25, 0.3) is 0 Å². The fraction of sp³-hybridized carbons (Fsp3) is 0.900. The van der Waals surface area contributed by atoms with Crippen LogP contribution in [0.3, 0.4) is 0 Å². The van der Waals surface area contributed by atoms with E-state index in [4.69, 9.17) is 9.84 Å². The highest BCUT2D eigenvalue weighted by Crippen LogP contribution is 2.07. The van der Waals surface area contributed by atoms with Crippen LogP contribution in [0.2, 0.25) is 0 Å². The second-order valence-corrected chi connectivity index (χ2v) is 3.59. The van der Waals surface area contributed by atoms with Crippen LogP contribution < -0.4 is 0 Å². The first-order valence-electron chi connectivity index (χ1n) is 5.37. The summed E-state index contributed by atoms with van der Waals surface area (Å²) in [6, 6.07) is 0. The maximum absolute atomic E-state index is 11.2. The fourth-order valence-corrected chi connectivity index (χ4v) is 1.57. The van der Waals surface area contributed by atoms with Crippen molar-refractivity contribution in [3.63, 3.8) is 0 Å². The molecule has 0 bridgehead atoms. The molecule has 0 aromatic carbocycles. The standard InChI is InChI=1S/C10H19NO3/c12-8-4-2-1-3-6-11-7-5-9-14-10(11)13/h12H,1-9H2. The molecule has 1 N–H and O–H groups in total. The van der Waals surface area contributed by atoms with Gasteiger partial charge < -0.3 is 14.7 Å². The molecule has 82 valence electrons. The molecule has 1 rings (SSSR count). The summed E-state index contributed by atoms with van der Waals surface area (Å²) in [6.07, 6.45) is 4.77. The molecule has 0 unspecified atom stereocenters. The number of ether oxygens (including phenoxy) is 1. The van der Waals surface area contributed by atoms with Crippen molar-refractivity contribution in [1.82, 2.24) is 4.90 Å². The van der Waals surface area contributed by atoms with Gasteiger partial charge >= 0.3 is 6.09 Å². The van der Waals surface area contributed by atoms with Crippen molar-refractivity contribution in [3.05, 3.63) is 0 Å². The molecule has 4 nitrogen and oxygen atoms in total. The van der Waals surface area contributed by atoms with Crippen LogP contribution in [0.4, 0.5) is 4.79 Å². The van der Waals surface area contributed by atoms with Crippen molar-refractivity contribution >= 4 is 6.09 Å². The van der Waals surface area contributed by atoms with Crippen LogP contribution in [0.5, 0.6) is 0 Å². The molecule has 1 fully saturated rings. The Bertz CT molecular complexity index is 173. The number of rotatable bonds is 6. The Labute approximate surface area is 84.8 Å². The molecule has 0 aliphatic carbocycles. The summed E-state index contributed by atoms with van der Waals surface area (Å²) in [4.78, 5) is 12.9. The largest absolute Gasteiger partial charge is 0.449 e. The molecule has 0 saturated carbocycles. The van der Waals surface area contributed by atoms with Crippen molar-refractivity contribution in [2.24, 2.45) is 0 Å². The van der Waals surface area contributed by atoms with Crippen LogP contribution in [0.15, 0.2) is 0 Å². The van der Waals surface area contributed by atoms with Crippen molar-refractivity contribution < 1.29 is 14.6 Å². The zero-order valence-electron chi connectivity index (χ0n) is 8.57. The highest BCUT2D eigenvalue weighted by atomic mass is 16.6. The number of amides is 1. The molecular formula is C10H19NO3. The molecule has 0 aromatic heterocycles. The number of nitrogens with zero attached hydrogens (tertiary/aromatic N) is 1. The smallest absolute Gasteiger partial charge is 0.409 e. The SMILES string of the molecule is O=C1OCCCN1CCCCCCO. The number of carbonyl (C=O) groups excluding carboxylic acids is 1.